The molecule has 1 rings (SSSR count). The largest absolute Gasteiger partial charge is 0.493 e. The predicted octanol–water partition coefficient (Wildman–Crippen LogP) is -0.497. The maximum Gasteiger partial charge on any atom is 0.303 e. The van der Waals surface area contributed by atoms with Gasteiger partial charge >= 0.3 is 5.97 Å². The SMILES string of the molecule is COc1ccc(S(=O)(=O)C(N)(CCC(=O)O)C(=O)NO)cc1OC. The van der Waals surface area contributed by atoms with Gasteiger partial charge in [-0.05, 0) is 18.6 Å². The molecule has 134 valence electrons. The molecular weight excluding hydrogens is 344 g/mol. The van der Waals surface area contributed by atoms with Gasteiger partial charge in [0.25, 0.3) is 5.91 Å². The van der Waals surface area contributed by atoms with Crippen LogP contribution >= 0.6 is 0 Å². The van der Waals surface area contributed by atoms with Crippen molar-refractivity contribution in [3.8, 4) is 11.5 Å². The zero-order valence-electron chi connectivity index (χ0n) is 13.0. The molecule has 10 nitrogen and oxygen atoms in total. The van der Waals surface area contributed by atoms with Crippen LogP contribution in [0, 0.1) is 0 Å². The summed E-state index contributed by atoms with van der Waals surface area (Å²) in [6, 6.07) is 3.51. The summed E-state index contributed by atoms with van der Waals surface area (Å²) in [6.45, 7) is 0. The summed E-state index contributed by atoms with van der Waals surface area (Å²) in [4.78, 5) is 19.5. The molecule has 0 saturated heterocycles. The van der Waals surface area contributed by atoms with Crippen molar-refractivity contribution >= 4 is 21.7 Å². The van der Waals surface area contributed by atoms with Crippen LogP contribution in [0.25, 0.3) is 0 Å². The number of hydroxylamine groups is 1. The topological polar surface area (TPSA) is 165 Å². The molecule has 1 aromatic carbocycles. The maximum absolute atomic E-state index is 12.7. The Morgan fingerprint density at radius 1 is 1.25 bits per heavy atom. The molecule has 11 heteroatoms. The van der Waals surface area contributed by atoms with Crippen molar-refractivity contribution in [2.75, 3.05) is 14.2 Å². The van der Waals surface area contributed by atoms with Crippen LogP contribution < -0.4 is 20.7 Å². The maximum atomic E-state index is 12.7. The Hall–Kier alpha value is -2.37. The highest BCUT2D eigenvalue weighted by atomic mass is 32.2. The third kappa shape index (κ3) is 3.58. The quantitative estimate of drug-likeness (QED) is 0.352. The molecule has 0 radical (unpaired) electrons. The van der Waals surface area contributed by atoms with Crippen LogP contribution in [0.4, 0.5) is 0 Å². The molecule has 0 aliphatic carbocycles. The fourth-order valence-electron chi connectivity index (χ4n) is 1.95. The number of hydrogen-bond donors (Lipinski definition) is 4. The third-order valence-corrected chi connectivity index (χ3v) is 5.56. The van der Waals surface area contributed by atoms with Gasteiger partial charge in [0.05, 0.1) is 19.1 Å². The lowest BCUT2D eigenvalue weighted by molar-refractivity contribution is -0.137. The Morgan fingerprint density at radius 3 is 2.29 bits per heavy atom. The minimum Gasteiger partial charge on any atom is -0.493 e. The summed E-state index contributed by atoms with van der Waals surface area (Å²) in [5.41, 5.74) is 6.84. The molecule has 5 N–H and O–H groups in total. The summed E-state index contributed by atoms with van der Waals surface area (Å²) in [5, 5.41) is 17.5. The molecule has 0 saturated carbocycles. The molecule has 24 heavy (non-hydrogen) atoms. The van der Waals surface area contributed by atoms with Gasteiger partial charge in [-0.3, -0.25) is 14.8 Å². The number of nitrogens with two attached hydrogens (primary N) is 1. The van der Waals surface area contributed by atoms with Gasteiger partial charge in [-0.2, -0.15) is 0 Å². The summed E-state index contributed by atoms with van der Waals surface area (Å²) < 4.78 is 35.5. The van der Waals surface area contributed by atoms with E-state index in [1.165, 1.54) is 20.3 Å². The first-order chi connectivity index (χ1) is 11.1. The monoisotopic (exact) mass is 362 g/mol. The fourth-order valence-corrected chi connectivity index (χ4v) is 3.54. The zero-order chi connectivity index (χ0) is 18.5. The molecule has 1 aromatic rings. The zero-order valence-corrected chi connectivity index (χ0v) is 13.8. The van der Waals surface area contributed by atoms with E-state index in [9.17, 15) is 18.0 Å². The molecule has 0 heterocycles. The first-order valence-electron chi connectivity index (χ1n) is 6.56. The number of amides is 1. The minimum absolute atomic E-state index is 0.0727. The summed E-state index contributed by atoms with van der Waals surface area (Å²) in [6.07, 6.45) is -1.44. The van der Waals surface area contributed by atoms with Crippen LogP contribution in [0.5, 0.6) is 11.5 Å². The molecule has 1 amide bonds. The number of hydrogen-bond acceptors (Lipinski definition) is 8. The van der Waals surface area contributed by atoms with Gasteiger partial charge < -0.3 is 20.3 Å². The van der Waals surface area contributed by atoms with Crippen molar-refractivity contribution in [2.45, 2.75) is 22.6 Å². The number of rotatable bonds is 8. The van der Waals surface area contributed by atoms with Gasteiger partial charge in [-0.1, -0.05) is 0 Å². The highest BCUT2D eigenvalue weighted by molar-refractivity contribution is 7.93. The van der Waals surface area contributed by atoms with Crippen molar-refractivity contribution in [1.82, 2.24) is 5.48 Å². The van der Waals surface area contributed by atoms with Crippen molar-refractivity contribution < 1.29 is 37.8 Å². The fraction of sp³-hybridized carbons (Fsp3) is 0.385. The van der Waals surface area contributed by atoms with Gasteiger partial charge in [-0.25, -0.2) is 13.9 Å². The van der Waals surface area contributed by atoms with Crippen LogP contribution in [-0.4, -0.2) is 49.7 Å². The second kappa shape index (κ2) is 7.47. The summed E-state index contributed by atoms with van der Waals surface area (Å²) >= 11 is 0. The Morgan fingerprint density at radius 2 is 1.83 bits per heavy atom. The van der Waals surface area contributed by atoms with Crippen LogP contribution in [-0.2, 0) is 19.4 Å². The molecule has 1 unspecified atom stereocenters. The van der Waals surface area contributed by atoms with E-state index in [1.807, 2.05) is 0 Å². The predicted molar refractivity (Wildman–Crippen MR) is 80.4 cm³/mol. The number of ether oxygens (including phenoxy) is 2. The number of carboxylic acid groups (broad SMARTS) is 1. The van der Waals surface area contributed by atoms with Crippen molar-refractivity contribution in [3.63, 3.8) is 0 Å². The van der Waals surface area contributed by atoms with Crippen LogP contribution in [0.2, 0.25) is 0 Å². The van der Waals surface area contributed by atoms with Gasteiger partial charge in [0.2, 0.25) is 14.7 Å². The Labute approximate surface area is 138 Å². The molecule has 0 aromatic heterocycles. The van der Waals surface area contributed by atoms with Gasteiger partial charge in [0.1, 0.15) is 0 Å². The number of carbonyl (C=O) groups is 2. The van der Waals surface area contributed by atoms with Gasteiger partial charge in [-0.15, -0.1) is 0 Å². The Balaban J connectivity index is 3.45. The molecule has 0 bridgehead atoms. The summed E-state index contributed by atoms with van der Waals surface area (Å²) in [7, 11) is -1.92. The number of aliphatic carboxylic acids is 1. The van der Waals surface area contributed by atoms with Crippen molar-refractivity contribution in [3.05, 3.63) is 18.2 Å². The average Bonchev–Trinajstić information content (AvgIpc) is 2.57. The molecule has 0 fully saturated rings. The molecule has 0 spiro atoms. The first-order valence-corrected chi connectivity index (χ1v) is 8.04. The van der Waals surface area contributed by atoms with Crippen LogP contribution in [0.1, 0.15) is 12.8 Å². The first kappa shape index (κ1) is 19.7. The number of nitrogens with one attached hydrogen (secondary N) is 1. The van der Waals surface area contributed by atoms with E-state index in [2.05, 4.69) is 0 Å². The van der Waals surface area contributed by atoms with Crippen LogP contribution in [0.3, 0.4) is 0 Å². The summed E-state index contributed by atoms with van der Waals surface area (Å²) in [5.74, 6) is -2.48. The van der Waals surface area contributed by atoms with E-state index >= 15 is 0 Å². The van der Waals surface area contributed by atoms with E-state index < -0.39 is 44.3 Å². The smallest absolute Gasteiger partial charge is 0.303 e. The molecule has 0 aliphatic heterocycles. The van der Waals surface area contributed by atoms with E-state index in [0.717, 1.165) is 17.6 Å². The lowest BCUT2D eigenvalue weighted by atomic mass is 10.1. The highest BCUT2D eigenvalue weighted by Gasteiger charge is 2.48. The normalized spacial score (nSPS) is 13.7. The lowest BCUT2D eigenvalue weighted by Crippen LogP contribution is -2.59. The van der Waals surface area contributed by atoms with Gasteiger partial charge in [0, 0.05) is 12.5 Å². The number of methoxy groups -OCH3 is 2. The van der Waals surface area contributed by atoms with Crippen LogP contribution in [0.15, 0.2) is 23.1 Å². The van der Waals surface area contributed by atoms with Crippen molar-refractivity contribution in [2.24, 2.45) is 5.73 Å². The molecule has 1 atom stereocenters. The second-order valence-electron chi connectivity index (χ2n) is 4.74. The minimum atomic E-state index is -4.56. The molecular formula is C13H18N2O8S. The second-order valence-corrected chi connectivity index (χ2v) is 6.95. The number of carbonyl (C=O) groups excluding carboxylic acids is 1. The third-order valence-electron chi connectivity index (χ3n) is 3.34. The van der Waals surface area contributed by atoms with Crippen molar-refractivity contribution in [1.29, 1.82) is 0 Å². The van der Waals surface area contributed by atoms with E-state index in [0.29, 0.717) is 0 Å². The Kier molecular flexibility index (Phi) is 6.12. The number of sulfone groups is 1. The van der Waals surface area contributed by atoms with E-state index in [4.69, 9.17) is 25.5 Å². The standard InChI is InChI=1S/C13H18N2O8S/c1-22-9-4-3-8(7-10(9)23-2)24(20,21)13(14,12(18)15-19)6-5-11(16)17/h3-4,7,19H,5-6,14H2,1-2H3,(H,15,18)(H,16,17). The average molecular weight is 362 g/mol. The van der Waals surface area contributed by atoms with Gasteiger partial charge in [0.15, 0.2) is 11.5 Å². The number of benzene rings is 1. The highest BCUT2D eigenvalue weighted by Crippen LogP contribution is 2.33. The lowest BCUT2D eigenvalue weighted by Gasteiger charge is -2.26. The van der Waals surface area contributed by atoms with E-state index in [1.54, 1.807) is 0 Å². The molecule has 0 aliphatic rings. The Bertz CT molecular complexity index is 733. The number of carboxylic acids is 1. The van der Waals surface area contributed by atoms with E-state index in [-0.39, 0.29) is 11.5 Å².